The van der Waals surface area contributed by atoms with Crippen molar-refractivity contribution in [2.75, 3.05) is 6.54 Å². The molecule has 0 fully saturated rings. The van der Waals surface area contributed by atoms with Gasteiger partial charge in [0, 0.05) is 12.6 Å². The minimum atomic E-state index is 0.263. The van der Waals surface area contributed by atoms with Gasteiger partial charge in [0.1, 0.15) is 0 Å². The van der Waals surface area contributed by atoms with Gasteiger partial charge >= 0.3 is 0 Å². The van der Waals surface area contributed by atoms with Gasteiger partial charge in [0.15, 0.2) is 5.96 Å². The van der Waals surface area contributed by atoms with E-state index in [9.17, 15) is 0 Å². The number of nitrogens with one attached hydrogen (secondary N) is 2. The molecule has 0 bridgehead atoms. The van der Waals surface area contributed by atoms with Crippen LogP contribution in [0.15, 0.2) is 29.3 Å². The number of ether oxygens (including phenoxy) is 1. The van der Waals surface area contributed by atoms with Crippen molar-refractivity contribution < 1.29 is 4.74 Å². The fourth-order valence-electron chi connectivity index (χ4n) is 1.83. The van der Waals surface area contributed by atoms with Gasteiger partial charge in [-0.15, -0.1) is 0 Å². The van der Waals surface area contributed by atoms with E-state index in [1.807, 2.05) is 0 Å². The maximum absolute atomic E-state index is 5.61. The lowest BCUT2D eigenvalue weighted by Crippen LogP contribution is -2.41. The van der Waals surface area contributed by atoms with Crippen LogP contribution >= 0.6 is 0 Å². The first kappa shape index (κ1) is 18.5. The smallest absolute Gasteiger partial charge is 0.191 e. The maximum atomic E-state index is 5.61. The molecule has 4 nitrogen and oxygen atoms in total. The van der Waals surface area contributed by atoms with Gasteiger partial charge in [-0.2, -0.15) is 0 Å². The van der Waals surface area contributed by atoms with Crippen LogP contribution in [0, 0.1) is 0 Å². The highest BCUT2D eigenvalue weighted by Crippen LogP contribution is 2.08. The molecule has 2 N–H and O–H groups in total. The highest BCUT2D eigenvalue weighted by atomic mass is 16.5. The summed E-state index contributed by atoms with van der Waals surface area (Å²) in [6, 6.07) is 8.89. The maximum Gasteiger partial charge on any atom is 0.191 e. The summed E-state index contributed by atoms with van der Waals surface area (Å²) in [6.45, 7) is 12.7. The molecule has 0 saturated heterocycles. The van der Waals surface area contributed by atoms with Crippen LogP contribution in [0.3, 0.4) is 0 Å². The molecule has 1 aromatic rings. The van der Waals surface area contributed by atoms with Crippen LogP contribution in [0.1, 0.15) is 52.2 Å². The first-order valence-electron chi connectivity index (χ1n) is 8.29. The van der Waals surface area contributed by atoms with Gasteiger partial charge in [0.25, 0.3) is 0 Å². The third-order valence-electron chi connectivity index (χ3n) is 3.37. The third kappa shape index (κ3) is 7.46. The normalized spacial score (nSPS) is 13.3. The summed E-state index contributed by atoms with van der Waals surface area (Å²) in [5.74, 6) is 0.879. The molecule has 0 aliphatic rings. The fourth-order valence-corrected chi connectivity index (χ4v) is 1.83. The van der Waals surface area contributed by atoms with E-state index in [1.165, 1.54) is 11.1 Å². The SMILES string of the molecule is CCNC(=NCc1ccc(COC(C)C)cc1)NC(C)CC. The van der Waals surface area contributed by atoms with E-state index < -0.39 is 0 Å². The molecule has 0 spiro atoms. The number of aliphatic imine (C=N–C) groups is 1. The third-order valence-corrected chi connectivity index (χ3v) is 3.37. The van der Waals surface area contributed by atoms with Crippen molar-refractivity contribution in [2.24, 2.45) is 4.99 Å². The lowest BCUT2D eigenvalue weighted by atomic mass is 10.1. The van der Waals surface area contributed by atoms with Crippen molar-refractivity contribution in [3.63, 3.8) is 0 Å². The van der Waals surface area contributed by atoms with Crippen LogP contribution in [0.4, 0.5) is 0 Å². The summed E-state index contributed by atoms with van der Waals surface area (Å²) in [5.41, 5.74) is 2.40. The first-order valence-corrected chi connectivity index (χ1v) is 8.29. The Labute approximate surface area is 135 Å². The number of rotatable bonds is 8. The molecule has 0 aliphatic heterocycles. The van der Waals surface area contributed by atoms with Crippen molar-refractivity contribution in [3.8, 4) is 0 Å². The van der Waals surface area contributed by atoms with Crippen LogP contribution in [-0.2, 0) is 17.9 Å². The lowest BCUT2D eigenvalue weighted by Gasteiger charge is -2.16. The zero-order chi connectivity index (χ0) is 16.4. The largest absolute Gasteiger partial charge is 0.374 e. The molecule has 1 unspecified atom stereocenters. The Hall–Kier alpha value is -1.55. The molecule has 0 aromatic heterocycles. The monoisotopic (exact) mass is 305 g/mol. The zero-order valence-electron chi connectivity index (χ0n) is 14.6. The Balaban J connectivity index is 2.58. The van der Waals surface area contributed by atoms with Crippen molar-refractivity contribution in [2.45, 2.75) is 66.3 Å². The summed E-state index contributed by atoms with van der Waals surface area (Å²) < 4.78 is 5.61. The van der Waals surface area contributed by atoms with Crippen LogP contribution < -0.4 is 10.6 Å². The number of nitrogens with zero attached hydrogens (tertiary/aromatic N) is 1. The van der Waals surface area contributed by atoms with E-state index in [-0.39, 0.29) is 6.10 Å². The topological polar surface area (TPSA) is 45.7 Å². The van der Waals surface area contributed by atoms with Crippen LogP contribution in [0.25, 0.3) is 0 Å². The Kier molecular flexibility index (Phi) is 8.60. The van der Waals surface area contributed by atoms with Gasteiger partial charge in [-0.05, 0) is 45.2 Å². The van der Waals surface area contributed by atoms with Gasteiger partial charge in [0.2, 0.25) is 0 Å². The van der Waals surface area contributed by atoms with E-state index >= 15 is 0 Å². The molecule has 0 radical (unpaired) electrons. The molecule has 22 heavy (non-hydrogen) atoms. The molecule has 0 heterocycles. The standard InChI is InChI=1S/C18H31N3O/c1-6-15(5)21-18(19-7-2)20-12-16-8-10-17(11-9-16)13-22-14(3)4/h8-11,14-15H,6-7,12-13H2,1-5H3,(H2,19,20,21). The number of benzene rings is 1. The Morgan fingerprint density at radius 3 is 2.27 bits per heavy atom. The predicted molar refractivity (Wildman–Crippen MR) is 94.1 cm³/mol. The quantitative estimate of drug-likeness (QED) is 0.571. The van der Waals surface area contributed by atoms with Crippen LogP contribution in [0.5, 0.6) is 0 Å². The Morgan fingerprint density at radius 1 is 1.09 bits per heavy atom. The predicted octanol–water partition coefficient (Wildman–Crippen LogP) is 3.47. The van der Waals surface area contributed by atoms with E-state index in [0.717, 1.165) is 18.9 Å². The Bertz CT molecular complexity index is 440. The van der Waals surface area contributed by atoms with Crippen LogP contribution in [0.2, 0.25) is 0 Å². The second kappa shape index (κ2) is 10.2. The average molecular weight is 305 g/mol. The van der Waals surface area contributed by atoms with E-state index in [1.54, 1.807) is 0 Å². The molecular formula is C18H31N3O. The second-order valence-electron chi connectivity index (χ2n) is 5.83. The zero-order valence-corrected chi connectivity index (χ0v) is 14.6. The van der Waals surface area contributed by atoms with Gasteiger partial charge in [-0.1, -0.05) is 31.2 Å². The molecular weight excluding hydrogens is 274 g/mol. The summed E-state index contributed by atoms with van der Waals surface area (Å²) >= 11 is 0. The second-order valence-corrected chi connectivity index (χ2v) is 5.83. The van der Waals surface area contributed by atoms with Crippen molar-refractivity contribution in [1.29, 1.82) is 0 Å². The van der Waals surface area contributed by atoms with Gasteiger partial charge in [0.05, 0.1) is 19.3 Å². The highest BCUT2D eigenvalue weighted by molar-refractivity contribution is 5.80. The summed E-state index contributed by atoms with van der Waals surface area (Å²) in [5, 5.41) is 6.68. The molecule has 1 aromatic carbocycles. The van der Waals surface area contributed by atoms with E-state index in [4.69, 9.17) is 4.74 Å². The number of hydrogen-bond acceptors (Lipinski definition) is 2. The van der Waals surface area contributed by atoms with Crippen molar-refractivity contribution >= 4 is 5.96 Å². The first-order chi connectivity index (χ1) is 10.5. The minimum absolute atomic E-state index is 0.263. The molecule has 0 saturated carbocycles. The van der Waals surface area contributed by atoms with Gasteiger partial charge in [-0.25, -0.2) is 4.99 Å². The van der Waals surface area contributed by atoms with Crippen molar-refractivity contribution in [3.05, 3.63) is 35.4 Å². The van der Waals surface area contributed by atoms with Gasteiger partial charge < -0.3 is 15.4 Å². The summed E-state index contributed by atoms with van der Waals surface area (Å²) in [6.07, 6.45) is 1.34. The lowest BCUT2D eigenvalue weighted by molar-refractivity contribution is 0.0657. The Morgan fingerprint density at radius 2 is 1.73 bits per heavy atom. The molecule has 0 amide bonds. The van der Waals surface area contributed by atoms with E-state index in [2.05, 4.69) is 74.5 Å². The summed E-state index contributed by atoms with van der Waals surface area (Å²) in [4.78, 5) is 4.64. The van der Waals surface area contributed by atoms with Gasteiger partial charge in [-0.3, -0.25) is 0 Å². The van der Waals surface area contributed by atoms with Crippen molar-refractivity contribution in [1.82, 2.24) is 10.6 Å². The molecule has 4 heteroatoms. The molecule has 0 aliphatic carbocycles. The molecule has 1 atom stereocenters. The fraction of sp³-hybridized carbons (Fsp3) is 0.611. The minimum Gasteiger partial charge on any atom is -0.374 e. The number of hydrogen-bond donors (Lipinski definition) is 2. The number of guanidine groups is 1. The van der Waals surface area contributed by atoms with Crippen LogP contribution in [-0.4, -0.2) is 24.7 Å². The molecule has 124 valence electrons. The molecule has 1 rings (SSSR count). The highest BCUT2D eigenvalue weighted by Gasteiger charge is 2.02. The average Bonchev–Trinajstić information content (AvgIpc) is 2.51. The van der Waals surface area contributed by atoms with E-state index in [0.29, 0.717) is 19.2 Å². The summed E-state index contributed by atoms with van der Waals surface area (Å²) in [7, 11) is 0.